The lowest BCUT2D eigenvalue weighted by molar-refractivity contribution is -0.115. The molecule has 1 amide bonds. The Bertz CT molecular complexity index is 589. The van der Waals surface area contributed by atoms with Crippen LogP contribution in [-0.4, -0.2) is 22.0 Å². The Balaban J connectivity index is 2.03. The first kappa shape index (κ1) is 12.7. The summed E-state index contributed by atoms with van der Waals surface area (Å²) in [7, 11) is 0. The number of hydrogen-bond donors (Lipinski definition) is 2. The van der Waals surface area contributed by atoms with Gasteiger partial charge in [0.25, 0.3) is 0 Å². The summed E-state index contributed by atoms with van der Waals surface area (Å²) in [4.78, 5) is 26.9. The molecule has 2 heterocycles. The highest BCUT2D eigenvalue weighted by Crippen LogP contribution is 2.22. The highest BCUT2D eigenvalue weighted by Gasteiger charge is 2.14. The van der Waals surface area contributed by atoms with Crippen molar-refractivity contribution in [2.24, 2.45) is 0 Å². The molecule has 0 aliphatic heterocycles. The summed E-state index contributed by atoms with van der Waals surface area (Å²) in [6, 6.07) is 1.58. The molecule has 0 spiro atoms. The molecular weight excluding hydrogens is 272 g/mol. The van der Waals surface area contributed by atoms with Crippen molar-refractivity contribution < 1.29 is 14.7 Å². The van der Waals surface area contributed by atoms with Crippen LogP contribution in [0.3, 0.4) is 0 Å². The van der Waals surface area contributed by atoms with Crippen LogP contribution in [0, 0.1) is 6.92 Å². The maximum Gasteiger partial charge on any atom is 0.348 e. The number of hydrogen-bond acceptors (Lipinski definition) is 5. The van der Waals surface area contributed by atoms with Crippen molar-refractivity contribution in [3.8, 4) is 0 Å². The lowest BCUT2D eigenvalue weighted by Crippen LogP contribution is -2.15. The molecule has 2 N–H and O–H groups in total. The minimum absolute atomic E-state index is 0.137. The summed E-state index contributed by atoms with van der Waals surface area (Å²) < 4.78 is 0. The van der Waals surface area contributed by atoms with E-state index in [1.165, 1.54) is 11.3 Å². The van der Waals surface area contributed by atoms with Gasteiger partial charge in [0, 0.05) is 5.38 Å². The Labute approximate surface area is 111 Å². The molecule has 0 aliphatic carbocycles. The van der Waals surface area contributed by atoms with Gasteiger partial charge in [0.15, 0.2) is 0 Å². The number of nitrogens with zero attached hydrogens (tertiary/aromatic N) is 1. The molecule has 2 aromatic rings. The van der Waals surface area contributed by atoms with Crippen molar-refractivity contribution in [1.82, 2.24) is 4.98 Å². The smallest absolute Gasteiger partial charge is 0.348 e. The minimum Gasteiger partial charge on any atom is -0.477 e. The normalized spacial score (nSPS) is 10.3. The minimum atomic E-state index is -1.04. The molecule has 0 atom stereocenters. The SMILES string of the molecule is Cc1nc(CC(=O)Nc2ccsc2C(=O)O)cs1. The molecule has 0 saturated heterocycles. The predicted molar refractivity (Wildman–Crippen MR) is 70.5 cm³/mol. The monoisotopic (exact) mass is 282 g/mol. The maximum atomic E-state index is 11.7. The molecule has 0 bridgehead atoms. The van der Waals surface area contributed by atoms with Crippen molar-refractivity contribution in [1.29, 1.82) is 0 Å². The number of thiophene rings is 1. The summed E-state index contributed by atoms with van der Waals surface area (Å²) in [5.74, 6) is -1.30. The van der Waals surface area contributed by atoms with Gasteiger partial charge in [-0.15, -0.1) is 22.7 Å². The van der Waals surface area contributed by atoms with Crippen molar-refractivity contribution in [3.05, 3.63) is 32.4 Å². The van der Waals surface area contributed by atoms with Crippen LogP contribution in [0.4, 0.5) is 5.69 Å². The second-order valence-electron chi connectivity index (χ2n) is 3.55. The number of aryl methyl sites for hydroxylation is 1. The molecule has 0 radical (unpaired) electrons. The molecule has 0 fully saturated rings. The van der Waals surface area contributed by atoms with Gasteiger partial charge in [0.2, 0.25) is 5.91 Å². The van der Waals surface area contributed by atoms with Gasteiger partial charge in [-0.2, -0.15) is 0 Å². The Morgan fingerprint density at radius 3 is 2.83 bits per heavy atom. The van der Waals surface area contributed by atoms with Crippen LogP contribution < -0.4 is 5.32 Å². The van der Waals surface area contributed by atoms with Gasteiger partial charge < -0.3 is 10.4 Å². The van der Waals surface area contributed by atoms with E-state index in [-0.39, 0.29) is 17.2 Å². The summed E-state index contributed by atoms with van der Waals surface area (Å²) in [6.07, 6.45) is 0.152. The number of amides is 1. The van der Waals surface area contributed by atoms with E-state index < -0.39 is 5.97 Å². The van der Waals surface area contributed by atoms with Crippen molar-refractivity contribution in [2.45, 2.75) is 13.3 Å². The second kappa shape index (κ2) is 5.28. The molecule has 0 aromatic carbocycles. The van der Waals surface area contributed by atoms with E-state index in [1.54, 1.807) is 11.4 Å². The zero-order chi connectivity index (χ0) is 13.1. The highest BCUT2D eigenvalue weighted by molar-refractivity contribution is 7.12. The molecular formula is C11H10N2O3S2. The van der Waals surface area contributed by atoms with Gasteiger partial charge in [0.1, 0.15) is 4.88 Å². The van der Waals surface area contributed by atoms with Crippen LogP contribution in [0.2, 0.25) is 0 Å². The third-order valence-electron chi connectivity index (χ3n) is 2.14. The first-order valence-corrected chi connectivity index (χ1v) is 6.84. The number of anilines is 1. The van der Waals surface area contributed by atoms with E-state index in [9.17, 15) is 9.59 Å². The van der Waals surface area contributed by atoms with E-state index >= 15 is 0 Å². The number of carboxylic acids is 1. The Morgan fingerprint density at radius 1 is 1.44 bits per heavy atom. The fourth-order valence-corrected chi connectivity index (χ4v) is 2.72. The number of carbonyl (C=O) groups is 2. The van der Waals surface area contributed by atoms with E-state index in [0.29, 0.717) is 11.4 Å². The average Bonchev–Trinajstić information content (AvgIpc) is 2.87. The Hall–Kier alpha value is -1.73. The van der Waals surface area contributed by atoms with Gasteiger partial charge in [-0.05, 0) is 18.4 Å². The lowest BCUT2D eigenvalue weighted by Gasteiger charge is -2.02. The molecule has 5 nitrogen and oxygen atoms in total. The van der Waals surface area contributed by atoms with E-state index in [2.05, 4.69) is 10.3 Å². The van der Waals surface area contributed by atoms with E-state index in [1.807, 2.05) is 12.3 Å². The van der Waals surface area contributed by atoms with E-state index in [4.69, 9.17) is 5.11 Å². The predicted octanol–water partition coefficient (Wildman–Crippen LogP) is 2.39. The third-order valence-corrected chi connectivity index (χ3v) is 3.87. The zero-order valence-electron chi connectivity index (χ0n) is 9.47. The molecule has 2 aromatic heterocycles. The topological polar surface area (TPSA) is 79.3 Å². The molecule has 7 heteroatoms. The summed E-state index contributed by atoms with van der Waals surface area (Å²) in [5.41, 5.74) is 1.03. The van der Waals surface area contributed by atoms with Crippen LogP contribution in [0.15, 0.2) is 16.8 Å². The zero-order valence-corrected chi connectivity index (χ0v) is 11.1. The third kappa shape index (κ3) is 2.93. The molecule has 0 saturated carbocycles. The fourth-order valence-electron chi connectivity index (χ4n) is 1.42. The summed E-state index contributed by atoms with van der Waals surface area (Å²) in [5, 5.41) is 15.8. The maximum absolute atomic E-state index is 11.7. The molecule has 94 valence electrons. The standard InChI is InChI=1S/C11H10N2O3S2/c1-6-12-7(5-18-6)4-9(14)13-8-2-3-17-10(8)11(15)16/h2-3,5H,4H2,1H3,(H,13,14)(H,15,16). The van der Waals surface area contributed by atoms with Gasteiger partial charge >= 0.3 is 5.97 Å². The number of aromatic nitrogens is 1. The van der Waals surface area contributed by atoms with Crippen molar-refractivity contribution >= 4 is 40.2 Å². The highest BCUT2D eigenvalue weighted by atomic mass is 32.1. The second-order valence-corrected chi connectivity index (χ2v) is 5.53. The van der Waals surface area contributed by atoms with Crippen molar-refractivity contribution in [2.75, 3.05) is 5.32 Å². The first-order valence-electron chi connectivity index (χ1n) is 5.08. The summed E-state index contributed by atoms with van der Waals surface area (Å²) in [6.45, 7) is 1.87. The Kier molecular flexibility index (Phi) is 3.73. The number of carboxylic acid groups (broad SMARTS) is 1. The summed E-state index contributed by atoms with van der Waals surface area (Å²) >= 11 is 2.56. The first-order chi connectivity index (χ1) is 8.56. The van der Waals surface area contributed by atoms with Gasteiger partial charge in [-0.3, -0.25) is 4.79 Å². The van der Waals surface area contributed by atoms with Gasteiger partial charge in [-0.25, -0.2) is 9.78 Å². The van der Waals surface area contributed by atoms with Crippen LogP contribution >= 0.6 is 22.7 Å². The van der Waals surface area contributed by atoms with E-state index in [0.717, 1.165) is 16.3 Å². The molecule has 0 unspecified atom stereocenters. The van der Waals surface area contributed by atoms with Crippen LogP contribution in [0.5, 0.6) is 0 Å². The van der Waals surface area contributed by atoms with Crippen molar-refractivity contribution in [3.63, 3.8) is 0 Å². The number of aromatic carboxylic acids is 1. The number of nitrogens with one attached hydrogen (secondary N) is 1. The largest absolute Gasteiger partial charge is 0.477 e. The van der Waals surface area contributed by atoms with Crippen LogP contribution in [0.1, 0.15) is 20.4 Å². The Morgan fingerprint density at radius 2 is 2.22 bits per heavy atom. The van der Waals surface area contributed by atoms with Crippen LogP contribution in [0.25, 0.3) is 0 Å². The number of thiazole rings is 1. The van der Waals surface area contributed by atoms with Gasteiger partial charge in [0.05, 0.1) is 22.8 Å². The molecule has 18 heavy (non-hydrogen) atoms. The fraction of sp³-hybridized carbons (Fsp3) is 0.182. The lowest BCUT2D eigenvalue weighted by atomic mass is 10.3. The average molecular weight is 282 g/mol. The molecule has 2 rings (SSSR count). The van der Waals surface area contributed by atoms with Crippen LogP contribution in [-0.2, 0) is 11.2 Å². The quantitative estimate of drug-likeness (QED) is 0.902. The van der Waals surface area contributed by atoms with Gasteiger partial charge in [-0.1, -0.05) is 0 Å². The molecule has 0 aliphatic rings. The number of rotatable bonds is 4. The number of carbonyl (C=O) groups excluding carboxylic acids is 1.